The molecule has 86 valence electrons. The summed E-state index contributed by atoms with van der Waals surface area (Å²) < 4.78 is 22.4. The Labute approximate surface area is 87.1 Å². The second-order valence-electron chi connectivity index (χ2n) is 3.90. The van der Waals surface area contributed by atoms with Gasteiger partial charge >= 0.3 is 0 Å². The van der Waals surface area contributed by atoms with Gasteiger partial charge in [0.2, 0.25) is 0 Å². The van der Waals surface area contributed by atoms with Crippen molar-refractivity contribution in [3.8, 4) is 0 Å². The molecule has 0 spiro atoms. The fourth-order valence-electron chi connectivity index (χ4n) is 1.28. The van der Waals surface area contributed by atoms with Crippen molar-refractivity contribution >= 4 is 9.84 Å². The number of hydrazine groups is 1. The number of hydrogen-bond donors (Lipinski definition) is 2. The predicted octanol–water partition coefficient (Wildman–Crippen LogP) is 0.689. The Bertz CT molecular complexity index is 237. The predicted molar refractivity (Wildman–Crippen MR) is 59.5 cm³/mol. The zero-order valence-electron chi connectivity index (χ0n) is 9.29. The maximum atomic E-state index is 11.2. The lowest BCUT2D eigenvalue weighted by Gasteiger charge is -2.19. The molecule has 3 N–H and O–H groups in total. The van der Waals surface area contributed by atoms with Gasteiger partial charge in [-0.1, -0.05) is 20.8 Å². The molecule has 0 aliphatic heterocycles. The second kappa shape index (κ2) is 6.37. The smallest absolute Gasteiger partial charge is 0.150 e. The summed E-state index contributed by atoms with van der Waals surface area (Å²) in [4.78, 5) is 0. The molecule has 0 saturated heterocycles. The molecule has 0 aliphatic rings. The number of hydrogen-bond acceptors (Lipinski definition) is 4. The monoisotopic (exact) mass is 222 g/mol. The summed E-state index contributed by atoms with van der Waals surface area (Å²) in [6.07, 6.45) is 1.50. The minimum Gasteiger partial charge on any atom is -0.271 e. The van der Waals surface area contributed by atoms with Gasteiger partial charge in [-0.3, -0.25) is 11.3 Å². The third kappa shape index (κ3) is 5.57. The molecule has 0 aromatic rings. The average Bonchev–Trinajstić information content (AvgIpc) is 2.12. The highest BCUT2D eigenvalue weighted by Gasteiger charge is 2.13. The minimum absolute atomic E-state index is 0.210. The Hall–Kier alpha value is -0.130. The lowest BCUT2D eigenvalue weighted by molar-refractivity contribution is 0.381. The molecule has 0 rings (SSSR count). The van der Waals surface area contributed by atoms with Gasteiger partial charge in [-0.2, -0.15) is 0 Å². The summed E-state index contributed by atoms with van der Waals surface area (Å²) in [5.74, 6) is 6.29. The Morgan fingerprint density at radius 3 is 2.29 bits per heavy atom. The first-order valence-corrected chi connectivity index (χ1v) is 6.91. The summed E-state index contributed by atoms with van der Waals surface area (Å²) in [5.41, 5.74) is 2.71. The fourth-order valence-corrected chi connectivity index (χ4v) is 2.17. The highest BCUT2D eigenvalue weighted by Crippen LogP contribution is 2.08. The highest BCUT2D eigenvalue weighted by molar-refractivity contribution is 7.91. The van der Waals surface area contributed by atoms with Crippen molar-refractivity contribution < 1.29 is 8.42 Å². The van der Waals surface area contributed by atoms with Crippen molar-refractivity contribution in [3.05, 3.63) is 0 Å². The second-order valence-corrected chi connectivity index (χ2v) is 6.37. The van der Waals surface area contributed by atoms with Crippen LogP contribution < -0.4 is 11.3 Å². The van der Waals surface area contributed by atoms with E-state index >= 15 is 0 Å². The molecule has 0 heterocycles. The molecule has 1 atom stereocenters. The third-order valence-electron chi connectivity index (χ3n) is 2.43. The maximum absolute atomic E-state index is 11.2. The molecule has 0 aromatic heterocycles. The van der Waals surface area contributed by atoms with Gasteiger partial charge in [0.1, 0.15) is 9.84 Å². The number of nitrogens with one attached hydrogen (secondary N) is 1. The first kappa shape index (κ1) is 13.9. The van der Waals surface area contributed by atoms with Crippen molar-refractivity contribution in [1.82, 2.24) is 5.43 Å². The van der Waals surface area contributed by atoms with E-state index in [-0.39, 0.29) is 17.5 Å². The Morgan fingerprint density at radius 1 is 1.36 bits per heavy atom. The van der Waals surface area contributed by atoms with E-state index in [2.05, 4.69) is 19.3 Å². The van der Waals surface area contributed by atoms with Crippen molar-refractivity contribution in [2.24, 2.45) is 11.8 Å². The van der Waals surface area contributed by atoms with Gasteiger partial charge in [0.05, 0.1) is 5.75 Å². The first-order chi connectivity index (χ1) is 6.43. The van der Waals surface area contributed by atoms with Crippen LogP contribution in [0, 0.1) is 5.92 Å². The van der Waals surface area contributed by atoms with Crippen LogP contribution in [-0.4, -0.2) is 26.0 Å². The summed E-state index contributed by atoms with van der Waals surface area (Å²) in [7, 11) is -2.82. The molecule has 0 aromatic carbocycles. The van der Waals surface area contributed by atoms with Crippen LogP contribution in [0.3, 0.4) is 0 Å². The normalized spacial score (nSPS) is 14.6. The van der Waals surface area contributed by atoms with Gasteiger partial charge in [-0.15, -0.1) is 0 Å². The lowest BCUT2D eigenvalue weighted by Crippen LogP contribution is -2.39. The summed E-state index contributed by atoms with van der Waals surface area (Å²) >= 11 is 0. The number of nitrogens with two attached hydrogens (primary N) is 1. The van der Waals surface area contributed by atoms with E-state index < -0.39 is 9.84 Å². The van der Waals surface area contributed by atoms with Gasteiger partial charge < -0.3 is 0 Å². The van der Waals surface area contributed by atoms with Gasteiger partial charge in [0.25, 0.3) is 0 Å². The van der Waals surface area contributed by atoms with E-state index in [4.69, 9.17) is 5.84 Å². The van der Waals surface area contributed by atoms with Gasteiger partial charge in [0.15, 0.2) is 0 Å². The van der Waals surface area contributed by atoms with Crippen molar-refractivity contribution in [2.45, 2.75) is 39.7 Å². The fraction of sp³-hybridized carbons (Fsp3) is 1.00. The molecule has 5 heteroatoms. The van der Waals surface area contributed by atoms with E-state index in [1.54, 1.807) is 6.92 Å². The van der Waals surface area contributed by atoms with Crippen molar-refractivity contribution in [2.75, 3.05) is 11.5 Å². The van der Waals surface area contributed by atoms with Crippen LogP contribution in [0.25, 0.3) is 0 Å². The molecule has 0 radical (unpaired) electrons. The Kier molecular flexibility index (Phi) is 6.31. The number of sulfone groups is 1. The topological polar surface area (TPSA) is 72.2 Å². The van der Waals surface area contributed by atoms with Crippen molar-refractivity contribution in [1.29, 1.82) is 0 Å². The molecule has 0 aliphatic carbocycles. The van der Waals surface area contributed by atoms with Gasteiger partial charge in [-0.25, -0.2) is 8.42 Å². The SMILES string of the molecule is CCS(=O)(=O)CCCC(NN)C(C)C. The van der Waals surface area contributed by atoms with Crippen LogP contribution in [0.15, 0.2) is 0 Å². The van der Waals surface area contributed by atoms with E-state index in [0.717, 1.165) is 6.42 Å². The molecule has 1 unspecified atom stereocenters. The third-order valence-corrected chi connectivity index (χ3v) is 4.22. The summed E-state index contributed by atoms with van der Waals surface area (Å²) in [5, 5.41) is 0. The molecule has 0 bridgehead atoms. The van der Waals surface area contributed by atoms with Crippen LogP contribution in [0.5, 0.6) is 0 Å². The average molecular weight is 222 g/mol. The van der Waals surface area contributed by atoms with Crippen LogP contribution in [0.4, 0.5) is 0 Å². The van der Waals surface area contributed by atoms with Crippen LogP contribution in [-0.2, 0) is 9.84 Å². The number of rotatable bonds is 7. The first-order valence-electron chi connectivity index (χ1n) is 5.09. The molecule has 0 saturated carbocycles. The minimum atomic E-state index is -2.82. The Morgan fingerprint density at radius 2 is 1.93 bits per heavy atom. The standard InChI is InChI=1S/C9H22N2O2S/c1-4-14(12,13)7-5-6-9(11-10)8(2)3/h8-9,11H,4-7,10H2,1-3H3. The van der Waals surface area contributed by atoms with E-state index in [1.807, 2.05) is 0 Å². The maximum Gasteiger partial charge on any atom is 0.150 e. The summed E-state index contributed by atoms with van der Waals surface area (Å²) in [6, 6.07) is 0.210. The van der Waals surface area contributed by atoms with Crippen LogP contribution in [0.2, 0.25) is 0 Å². The molecule has 0 fully saturated rings. The largest absolute Gasteiger partial charge is 0.271 e. The zero-order chi connectivity index (χ0) is 11.2. The Balaban J connectivity index is 3.83. The van der Waals surface area contributed by atoms with E-state index in [1.165, 1.54) is 0 Å². The van der Waals surface area contributed by atoms with E-state index in [9.17, 15) is 8.42 Å². The summed E-state index contributed by atoms with van der Waals surface area (Å²) in [6.45, 7) is 5.81. The van der Waals surface area contributed by atoms with Gasteiger partial charge in [0, 0.05) is 11.8 Å². The highest BCUT2D eigenvalue weighted by atomic mass is 32.2. The van der Waals surface area contributed by atoms with Crippen molar-refractivity contribution in [3.63, 3.8) is 0 Å². The molecule has 4 nitrogen and oxygen atoms in total. The molecular weight excluding hydrogens is 200 g/mol. The molecular formula is C9H22N2O2S. The lowest BCUT2D eigenvalue weighted by atomic mass is 10.0. The van der Waals surface area contributed by atoms with Gasteiger partial charge in [-0.05, 0) is 18.8 Å². The van der Waals surface area contributed by atoms with E-state index in [0.29, 0.717) is 12.3 Å². The van der Waals surface area contributed by atoms with Crippen LogP contribution in [0.1, 0.15) is 33.6 Å². The molecule has 14 heavy (non-hydrogen) atoms. The molecule has 0 amide bonds. The quantitative estimate of drug-likeness (QED) is 0.491. The zero-order valence-corrected chi connectivity index (χ0v) is 10.1. The van der Waals surface area contributed by atoms with Crippen LogP contribution >= 0.6 is 0 Å².